The Morgan fingerprint density at radius 3 is 2.70 bits per heavy atom. The molecule has 1 amide bonds. The van der Waals surface area contributed by atoms with E-state index in [1.807, 2.05) is 6.92 Å². The summed E-state index contributed by atoms with van der Waals surface area (Å²) in [6.07, 6.45) is 9.21. The molecule has 0 aromatic heterocycles. The number of allylic oxidation sites excluding steroid dienone is 1. The first kappa shape index (κ1) is 21.3. The molecule has 150 valence electrons. The molecule has 6 nitrogen and oxygen atoms in total. The molecular formula is C20H30N2O4S. The van der Waals surface area contributed by atoms with Crippen LogP contribution in [0.1, 0.15) is 45.4 Å². The predicted octanol–water partition coefficient (Wildman–Crippen LogP) is 3.25. The zero-order chi connectivity index (χ0) is 19.9. The molecule has 1 N–H and O–H groups in total. The number of rotatable bonds is 9. The molecule has 1 aliphatic carbocycles. The van der Waals surface area contributed by atoms with E-state index in [9.17, 15) is 13.2 Å². The number of nitrogens with zero attached hydrogens (tertiary/aromatic N) is 1. The fourth-order valence-corrected chi connectivity index (χ4v) is 4.61. The molecule has 0 aliphatic heterocycles. The Hall–Kier alpha value is -2.02. The molecule has 0 heterocycles. The molecule has 0 saturated carbocycles. The number of nitrogens with one attached hydrogen (secondary N) is 1. The minimum Gasteiger partial charge on any atom is -0.497 e. The van der Waals surface area contributed by atoms with E-state index in [-0.39, 0.29) is 5.91 Å². The van der Waals surface area contributed by atoms with Crippen LogP contribution in [-0.4, -0.2) is 40.3 Å². The van der Waals surface area contributed by atoms with Crippen LogP contribution in [0.3, 0.4) is 0 Å². The van der Waals surface area contributed by atoms with Crippen LogP contribution in [0.4, 0.5) is 5.69 Å². The molecular weight excluding hydrogens is 364 g/mol. The van der Waals surface area contributed by atoms with Crippen LogP contribution in [0.5, 0.6) is 5.75 Å². The summed E-state index contributed by atoms with van der Waals surface area (Å²) in [5.74, 6) is 0.266. The monoisotopic (exact) mass is 394 g/mol. The second kappa shape index (κ2) is 9.78. The largest absolute Gasteiger partial charge is 0.497 e. The Balaban J connectivity index is 2.13. The maximum atomic E-state index is 12.8. The Morgan fingerprint density at radius 2 is 2.11 bits per heavy atom. The van der Waals surface area contributed by atoms with Crippen LogP contribution < -0.4 is 14.4 Å². The normalized spacial score (nSPS) is 15.6. The van der Waals surface area contributed by atoms with E-state index < -0.39 is 16.1 Å². The van der Waals surface area contributed by atoms with Crippen LogP contribution in [0, 0.1) is 0 Å². The van der Waals surface area contributed by atoms with E-state index in [1.165, 1.54) is 29.8 Å². The fourth-order valence-electron chi connectivity index (χ4n) is 3.40. The third-order valence-corrected chi connectivity index (χ3v) is 5.95. The maximum absolute atomic E-state index is 12.8. The Bertz CT molecular complexity index is 774. The summed E-state index contributed by atoms with van der Waals surface area (Å²) in [5, 5.41) is 2.91. The van der Waals surface area contributed by atoms with Crippen LogP contribution in [0.15, 0.2) is 35.9 Å². The van der Waals surface area contributed by atoms with Crippen molar-refractivity contribution in [1.82, 2.24) is 5.32 Å². The van der Waals surface area contributed by atoms with E-state index in [0.29, 0.717) is 24.4 Å². The number of sulfonamides is 1. The Labute approximate surface area is 162 Å². The second-order valence-corrected chi connectivity index (χ2v) is 8.69. The van der Waals surface area contributed by atoms with Gasteiger partial charge in [0.05, 0.1) is 19.1 Å². The van der Waals surface area contributed by atoms with E-state index in [4.69, 9.17) is 4.74 Å². The smallest absolute Gasteiger partial charge is 0.243 e. The van der Waals surface area contributed by atoms with Gasteiger partial charge in [0, 0.05) is 12.6 Å². The van der Waals surface area contributed by atoms with Crippen molar-refractivity contribution in [1.29, 1.82) is 0 Å². The highest BCUT2D eigenvalue weighted by Gasteiger charge is 2.31. The van der Waals surface area contributed by atoms with Crippen molar-refractivity contribution >= 4 is 21.6 Å². The van der Waals surface area contributed by atoms with Gasteiger partial charge >= 0.3 is 0 Å². The van der Waals surface area contributed by atoms with E-state index in [1.54, 1.807) is 24.3 Å². The first-order chi connectivity index (χ1) is 12.9. The fraction of sp³-hybridized carbons (Fsp3) is 0.550. The summed E-state index contributed by atoms with van der Waals surface area (Å²) in [5.41, 5.74) is 1.80. The highest BCUT2D eigenvalue weighted by molar-refractivity contribution is 7.92. The topological polar surface area (TPSA) is 75.7 Å². The first-order valence-corrected chi connectivity index (χ1v) is 11.3. The molecule has 0 fully saturated rings. The molecule has 0 saturated heterocycles. The molecule has 7 heteroatoms. The minimum absolute atomic E-state index is 0.276. The summed E-state index contributed by atoms with van der Waals surface area (Å²) in [4.78, 5) is 12.8. The van der Waals surface area contributed by atoms with Crippen molar-refractivity contribution in [3.8, 4) is 5.75 Å². The van der Waals surface area contributed by atoms with E-state index in [2.05, 4.69) is 11.4 Å². The maximum Gasteiger partial charge on any atom is 0.243 e. The average molecular weight is 395 g/mol. The SMILES string of the molecule is CCC(C(=O)NCCC1=CCCCC1)N(c1cccc(OC)c1)S(C)(=O)=O. The van der Waals surface area contributed by atoms with Gasteiger partial charge in [0.1, 0.15) is 11.8 Å². The van der Waals surface area contributed by atoms with Crippen molar-refractivity contribution in [3.63, 3.8) is 0 Å². The quantitative estimate of drug-likeness (QED) is 0.653. The number of benzene rings is 1. The van der Waals surface area contributed by atoms with Crippen molar-refractivity contribution in [2.45, 2.75) is 51.5 Å². The molecule has 1 aromatic carbocycles. The van der Waals surface area contributed by atoms with Gasteiger partial charge in [-0.15, -0.1) is 0 Å². The van der Waals surface area contributed by atoms with Gasteiger partial charge in [-0.1, -0.05) is 24.6 Å². The minimum atomic E-state index is -3.64. The van der Waals surface area contributed by atoms with Crippen molar-refractivity contribution in [2.75, 3.05) is 24.2 Å². The molecule has 2 rings (SSSR count). The lowest BCUT2D eigenvalue weighted by Crippen LogP contribution is -2.49. The number of amides is 1. The number of carbonyl (C=O) groups excluding carboxylic acids is 1. The lowest BCUT2D eigenvalue weighted by Gasteiger charge is -2.30. The molecule has 0 radical (unpaired) electrons. The van der Waals surface area contributed by atoms with Crippen LogP contribution in [0.2, 0.25) is 0 Å². The lowest BCUT2D eigenvalue weighted by atomic mass is 9.97. The molecule has 0 spiro atoms. The first-order valence-electron chi connectivity index (χ1n) is 9.46. The average Bonchev–Trinajstić information content (AvgIpc) is 2.65. The summed E-state index contributed by atoms with van der Waals surface area (Å²) < 4.78 is 31.3. The standard InChI is InChI=1S/C20H30N2O4S/c1-4-19(20(23)21-14-13-16-9-6-5-7-10-16)22(27(3,24)25)17-11-8-12-18(15-17)26-2/h8-9,11-12,15,19H,4-7,10,13-14H2,1-3H3,(H,21,23). The van der Waals surface area contributed by atoms with Crippen LogP contribution in [-0.2, 0) is 14.8 Å². The Kier molecular flexibility index (Phi) is 7.71. The van der Waals surface area contributed by atoms with Gasteiger partial charge in [-0.3, -0.25) is 9.10 Å². The number of methoxy groups -OCH3 is 1. The zero-order valence-electron chi connectivity index (χ0n) is 16.4. The number of hydrogen-bond acceptors (Lipinski definition) is 4. The van der Waals surface area contributed by atoms with Gasteiger partial charge in [-0.25, -0.2) is 8.42 Å². The van der Waals surface area contributed by atoms with Crippen molar-refractivity contribution < 1.29 is 17.9 Å². The highest BCUT2D eigenvalue weighted by atomic mass is 32.2. The molecule has 0 bridgehead atoms. The molecule has 1 unspecified atom stereocenters. The summed E-state index contributed by atoms with van der Waals surface area (Å²) >= 11 is 0. The lowest BCUT2D eigenvalue weighted by molar-refractivity contribution is -0.122. The molecule has 1 aromatic rings. The van der Waals surface area contributed by atoms with Gasteiger partial charge in [-0.2, -0.15) is 0 Å². The Morgan fingerprint density at radius 1 is 1.33 bits per heavy atom. The second-order valence-electron chi connectivity index (χ2n) is 6.83. The highest BCUT2D eigenvalue weighted by Crippen LogP contribution is 2.26. The van der Waals surface area contributed by atoms with Crippen molar-refractivity contribution in [2.24, 2.45) is 0 Å². The molecule has 27 heavy (non-hydrogen) atoms. The molecule has 1 aliphatic rings. The van der Waals surface area contributed by atoms with Crippen LogP contribution in [0.25, 0.3) is 0 Å². The summed E-state index contributed by atoms with van der Waals surface area (Å²) in [6.45, 7) is 2.34. The number of anilines is 1. The van der Waals surface area contributed by atoms with Crippen LogP contribution >= 0.6 is 0 Å². The van der Waals surface area contributed by atoms with E-state index in [0.717, 1.165) is 25.5 Å². The third kappa shape index (κ3) is 5.99. The number of carbonyl (C=O) groups is 1. The van der Waals surface area contributed by atoms with Gasteiger partial charge in [0.15, 0.2) is 0 Å². The third-order valence-electron chi connectivity index (χ3n) is 4.77. The number of hydrogen-bond donors (Lipinski definition) is 1. The van der Waals surface area contributed by atoms with Gasteiger partial charge < -0.3 is 10.1 Å². The predicted molar refractivity (Wildman–Crippen MR) is 109 cm³/mol. The summed E-state index contributed by atoms with van der Waals surface area (Å²) in [6, 6.07) is 5.96. The van der Waals surface area contributed by atoms with Gasteiger partial charge in [0.2, 0.25) is 15.9 Å². The van der Waals surface area contributed by atoms with Crippen molar-refractivity contribution in [3.05, 3.63) is 35.9 Å². The van der Waals surface area contributed by atoms with Gasteiger partial charge in [-0.05, 0) is 50.7 Å². The molecule has 1 atom stereocenters. The number of ether oxygens (including phenoxy) is 1. The van der Waals surface area contributed by atoms with E-state index >= 15 is 0 Å². The summed E-state index contributed by atoms with van der Waals surface area (Å²) in [7, 11) is -2.12. The van der Waals surface area contributed by atoms with Gasteiger partial charge in [0.25, 0.3) is 0 Å². The zero-order valence-corrected chi connectivity index (χ0v) is 17.2.